The van der Waals surface area contributed by atoms with Crippen molar-refractivity contribution in [2.24, 2.45) is 0 Å². The van der Waals surface area contributed by atoms with E-state index in [1.807, 2.05) is 6.92 Å². The number of carbonyl (C=O) groups excluding carboxylic acids is 1. The van der Waals surface area contributed by atoms with E-state index in [9.17, 15) is 9.18 Å². The van der Waals surface area contributed by atoms with Gasteiger partial charge in [-0.15, -0.1) is 0 Å². The van der Waals surface area contributed by atoms with E-state index in [0.717, 1.165) is 5.69 Å². The summed E-state index contributed by atoms with van der Waals surface area (Å²) in [5.74, 6) is -0.329. The number of hydrogen-bond acceptors (Lipinski definition) is 3. The van der Waals surface area contributed by atoms with Crippen molar-refractivity contribution in [3.05, 3.63) is 63.8 Å². The van der Waals surface area contributed by atoms with E-state index in [2.05, 4.69) is 15.5 Å². The van der Waals surface area contributed by atoms with Crippen LogP contribution in [0.3, 0.4) is 0 Å². The average molecular weight is 382 g/mol. The Kier molecular flexibility index (Phi) is 5.06. The molecule has 0 bridgehead atoms. The molecule has 0 saturated heterocycles. The van der Waals surface area contributed by atoms with Crippen LogP contribution < -0.4 is 5.32 Å². The highest BCUT2D eigenvalue weighted by Crippen LogP contribution is 2.21. The third-order valence-corrected chi connectivity index (χ3v) is 4.07. The summed E-state index contributed by atoms with van der Waals surface area (Å²) in [4.78, 5) is 12.0. The van der Waals surface area contributed by atoms with Gasteiger partial charge in [0.2, 0.25) is 5.91 Å². The van der Waals surface area contributed by atoms with Gasteiger partial charge in [-0.2, -0.15) is 10.2 Å². The zero-order valence-corrected chi connectivity index (χ0v) is 14.7. The summed E-state index contributed by atoms with van der Waals surface area (Å²) in [6.45, 7) is 1.99. The van der Waals surface area contributed by atoms with E-state index in [0.29, 0.717) is 21.4 Å². The van der Waals surface area contributed by atoms with Crippen LogP contribution in [0.2, 0.25) is 10.0 Å². The van der Waals surface area contributed by atoms with Gasteiger partial charge in [0.15, 0.2) is 5.82 Å². The molecule has 0 unspecified atom stereocenters. The van der Waals surface area contributed by atoms with E-state index in [1.54, 1.807) is 29.1 Å². The van der Waals surface area contributed by atoms with Crippen LogP contribution in [0.25, 0.3) is 0 Å². The van der Waals surface area contributed by atoms with Crippen molar-refractivity contribution >= 4 is 34.9 Å². The molecule has 2 heterocycles. The fourth-order valence-electron chi connectivity index (χ4n) is 2.32. The number of benzene rings is 1. The van der Waals surface area contributed by atoms with E-state index >= 15 is 0 Å². The largest absolute Gasteiger partial charge is 0.308 e. The van der Waals surface area contributed by atoms with Crippen LogP contribution in [0.4, 0.5) is 10.2 Å². The molecule has 6 nitrogen and oxygen atoms in total. The maximum absolute atomic E-state index is 13.9. The predicted molar refractivity (Wildman–Crippen MR) is 93.3 cm³/mol. The molecule has 0 aliphatic rings. The maximum Gasteiger partial charge on any atom is 0.247 e. The van der Waals surface area contributed by atoms with Crippen molar-refractivity contribution < 1.29 is 9.18 Å². The summed E-state index contributed by atoms with van der Waals surface area (Å²) < 4.78 is 16.9. The van der Waals surface area contributed by atoms with Crippen LogP contribution in [0, 0.1) is 12.7 Å². The fraction of sp³-hybridized carbons (Fsp3) is 0.188. The Morgan fingerprint density at radius 1 is 1.36 bits per heavy atom. The van der Waals surface area contributed by atoms with Gasteiger partial charge in [-0.25, -0.2) is 4.39 Å². The molecular weight excluding hydrogens is 368 g/mol. The number of hydrogen-bond donors (Lipinski definition) is 1. The van der Waals surface area contributed by atoms with E-state index in [4.69, 9.17) is 23.2 Å². The number of aromatic nitrogens is 4. The average Bonchev–Trinajstić information content (AvgIpc) is 3.09. The second-order valence-electron chi connectivity index (χ2n) is 5.43. The first-order valence-corrected chi connectivity index (χ1v) is 8.13. The normalized spacial score (nSPS) is 10.9. The molecule has 0 fully saturated rings. The lowest BCUT2D eigenvalue weighted by Gasteiger charge is -2.07. The minimum absolute atomic E-state index is 0.0117. The molecule has 0 aliphatic carbocycles. The van der Waals surface area contributed by atoms with Gasteiger partial charge in [0.1, 0.15) is 12.4 Å². The number of nitrogens with zero attached hydrogens (tertiary/aromatic N) is 4. The van der Waals surface area contributed by atoms with Gasteiger partial charge in [-0.05, 0) is 19.1 Å². The quantitative estimate of drug-likeness (QED) is 0.735. The highest BCUT2D eigenvalue weighted by molar-refractivity contribution is 6.31. The fourth-order valence-corrected chi connectivity index (χ4v) is 2.70. The number of amides is 1. The second kappa shape index (κ2) is 7.25. The molecule has 0 spiro atoms. The lowest BCUT2D eigenvalue weighted by atomic mass is 10.2. The number of halogens is 3. The van der Waals surface area contributed by atoms with E-state index in [1.165, 1.54) is 16.9 Å². The summed E-state index contributed by atoms with van der Waals surface area (Å²) in [5, 5.41) is 11.7. The second-order valence-corrected chi connectivity index (χ2v) is 6.28. The van der Waals surface area contributed by atoms with E-state index in [-0.39, 0.29) is 19.0 Å². The molecular formula is C16H14Cl2FN5O. The predicted octanol–water partition coefficient (Wildman–Crippen LogP) is 3.52. The van der Waals surface area contributed by atoms with Crippen molar-refractivity contribution in [2.45, 2.75) is 20.0 Å². The molecule has 3 rings (SSSR count). The van der Waals surface area contributed by atoms with Crippen molar-refractivity contribution in [3.8, 4) is 0 Å². The summed E-state index contributed by atoms with van der Waals surface area (Å²) in [7, 11) is 0. The number of anilines is 1. The minimum Gasteiger partial charge on any atom is -0.308 e. The highest BCUT2D eigenvalue weighted by atomic mass is 35.5. The summed E-state index contributed by atoms with van der Waals surface area (Å²) in [5.41, 5.74) is 1.11. The number of rotatable bonds is 5. The van der Waals surface area contributed by atoms with Crippen LogP contribution >= 0.6 is 23.2 Å². The Morgan fingerprint density at radius 2 is 2.16 bits per heavy atom. The van der Waals surface area contributed by atoms with Gasteiger partial charge >= 0.3 is 0 Å². The highest BCUT2D eigenvalue weighted by Gasteiger charge is 2.13. The molecule has 3 aromatic rings. The molecule has 2 aromatic heterocycles. The zero-order valence-electron chi connectivity index (χ0n) is 13.2. The molecule has 1 aromatic carbocycles. The lowest BCUT2D eigenvalue weighted by Crippen LogP contribution is -2.19. The third kappa shape index (κ3) is 4.18. The smallest absolute Gasteiger partial charge is 0.247 e. The van der Waals surface area contributed by atoms with Crippen LogP contribution in [-0.4, -0.2) is 25.5 Å². The molecule has 0 radical (unpaired) electrons. The molecule has 25 heavy (non-hydrogen) atoms. The minimum atomic E-state index is -0.399. The van der Waals surface area contributed by atoms with Crippen molar-refractivity contribution in [1.29, 1.82) is 0 Å². The first-order chi connectivity index (χ1) is 11.9. The summed E-state index contributed by atoms with van der Waals surface area (Å²) >= 11 is 11.8. The van der Waals surface area contributed by atoms with Crippen LogP contribution in [0.15, 0.2) is 36.7 Å². The summed E-state index contributed by atoms with van der Waals surface area (Å²) in [6, 6.07) is 6.21. The first-order valence-electron chi connectivity index (χ1n) is 7.37. The molecule has 0 aliphatic heterocycles. The van der Waals surface area contributed by atoms with Crippen LogP contribution in [0.1, 0.15) is 11.3 Å². The van der Waals surface area contributed by atoms with Crippen molar-refractivity contribution in [1.82, 2.24) is 19.6 Å². The number of nitrogens with one attached hydrogen (secondary N) is 1. The zero-order chi connectivity index (χ0) is 18.0. The molecule has 1 N–H and O–H groups in total. The van der Waals surface area contributed by atoms with Crippen molar-refractivity contribution in [3.63, 3.8) is 0 Å². The first kappa shape index (κ1) is 17.4. The van der Waals surface area contributed by atoms with Gasteiger partial charge in [0.05, 0.1) is 17.8 Å². The summed E-state index contributed by atoms with van der Waals surface area (Å²) in [6.07, 6.45) is 3.00. The topological polar surface area (TPSA) is 64.7 Å². The Bertz CT molecular complexity index is 901. The molecule has 1 amide bonds. The lowest BCUT2D eigenvalue weighted by molar-refractivity contribution is -0.116. The molecule has 130 valence electrons. The monoisotopic (exact) mass is 381 g/mol. The Balaban J connectivity index is 1.71. The molecule has 0 atom stereocenters. The SMILES string of the molecule is Cc1cc(NC(=O)Cn2cc(Cl)cn2)nn1Cc1c(F)cccc1Cl. The number of aryl methyl sites for hydroxylation is 1. The Labute approximate surface area is 153 Å². The van der Waals surface area contributed by atoms with Crippen LogP contribution in [-0.2, 0) is 17.9 Å². The standard InChI is InChI=1S/C16H14Cl2FN5O/c1-10-5-15(21-16(25)9-23-7-11(17)6-20-23)22-24(10)8-12-13(18)3-2-4-14(12)19/h2-7H,8-9H2,1H3,(H,21,22,25). The van der Waals surface area contributed by atoms with Gasteiger partial charge in [-0.1, -0.05) is 29.3 Å². The molecule has 9 heteroatoms. The van der Waals surface area contributed by atoms with Crippen LogP contribution in [0.5, 0.6) is 0 Å². The van der Waals surface area contributed by atoms with Gasteiger partial charge in [-0.3, -0.25) is 14.2 Å². The third-order valence-electron chi connectivity index (χ3n) is 3.53. The Morgan fingerprint density at radius 3 is 2.84 bits per heavy atom. The Hall–Kier alpha value is -2.38. The van der Waals surface area contributed by atoms with Gasteiger partial charge < -0.3 is 5.32 Å². The van der Waals surface area contributed by atoms with Gasteiger partial charge in [0, 0.05) is 28.5 Å². The molecule has 0 saturated carbocycles. The van der Waals surface area contributed by atoms with E-state index < -0.39 is 5.82 Å². The van der Waals surface area contributed by atoms with Gasteiger partial charge in [0.25, 0.3) is 0 Å². The van der Waals surface area contributed by atoms with Crippen molar-refractivity contribution in [2.75, 3.05) is 5.32 Å². The number of carbonyl (C=O) groups is 1. The maximum atomic E-state index is 13.9.